The molecular weight excluding hydrogens is 233 g/mol. The molecule has 3 nitrogen and oxygen atoms in total. The zero-order valence-electron chi connectivity index (χ0n) is 11.5. The molecule has 0 bridgehead atoms. The van der Waals surface area contributed by atoms with Gasteiger partial charge < -0.3 is 0 Å². The van der Waals surface area contributed by atoms with Crippen LogP contribution < -0.4 is 5.46 Å². The highest BCUT2D eigenvalue weighted by Gasteiger charge is 2.30. The van der Waals surface area contributed by atoms with Crippen molar-refractivity contribution in [1.29, 1.82) is 0 Å². The summed E-state index contributed by atoms with van der Waals surface area (Å²) in [6, 6.07) is 11.4. The molecule has 2 heterocycles. The predicted molar refractivity (Wildman–Crippen MR) is 77.5 cm³/mol. The molecule has 1 aromatic heterocycles. The second-order valence-electron chi connectivity index (χ2n) is 5.36. The van der Waals surface area contributed by atoms with Crippen molar-refractivity contribution in [2.45, 2.75) is 39.0 Å². The van der Waals surface area contributed by atoms with Crippen molar-refractivity contribution in [2.24, 2.45) is 0 Å². The SMILES string of the molecule is [B]c1cnn2c1CN(Cc1ccccc1)[C@@H](C)[C@@H]2C. The quantitative estimate of drug-likeness (QED) is 0.756. The molecule has 1 aliphatic rings. The van der Waals surface area contributed by atoms with Crippen LogP contribution in [-0.2, 0) is 13.1 Å². The standard InChI is InChI=1S/C15H18BN3/c1-11-12(2)19-15(14(16)8-17-19)10-18(11)9-13-6-4-3-5-7-13/h3-8,11-12H,9-10H2,1-2H3/t11-,12-/m0/s1. The highest BCUT2D eigenvalue weighted by molar-refractivity contribution is 6.33. The van der Waals surface area contributed by atoms with E-state index in [-0.39, 0.29) is 0 Å². The molecule has 2 aromatic rings. The van der Waals surface area contributed by atoms with Crippen molar-refractivity contribution in [1.82, 2.24) is 14.7 Å². The molecule has 96 valence electrons. The molecule has 0 aliphatic carbocycles. The van der Waals surface area contributed by atoms with E-state index in [1.807, 2.05) is 0 Å². The van der Waals surface area contributed by atoms with Gasteiger partial charge in [0, 0.05) is 31.0 Å². The van der Waals surface area contributed by atoms with Gasteiger partial charge in [-0.2, -0.15) is 5.10 Å². The summed E-state index contributed by atoms with van der Waals surface area (Å²) in [4.78, 5) is 2.47. The van der Waals surface area contributed by atoms with Gasteiger partial charge in [-0.25, -0.2) is 0 Å². The van der Waals surface area contributed by atoms with Crippen molar-refractivity contribution in [3.8, 4) is 0 Å². The normalized spacial score (nSPS) is 23.3. The van der Waals surface area contributed by atoms with E-state index in [1.54, 1.807) is 6.20 Å². The topological polar surface area (TPSA) is 21.1 Å². The number of aromatic nitrogens is 2. The summed E-state index contributed by atoms with van der Waals surface area (Å²) in [5.74, 6) is 0. The maximum absolute atomic E-state index is 6.01. The second-order valence-corrected chi connectivity index (χ2v) is 5.36. The van der Waals surface area contributed by atoms with E-state index in [1.165, 1.54) is 5.56 Å². The Morgan fingerprint density at radius 1 is 1.21 bits per heavy atom. The van der Waals surface area contributed by atoms with Gasteiger partial charge in [0.15, 0.2) is 0 Å². The maximum Gasteiger partial charge on any atom is 0.118 e. The lowest BCUT2D eigenvalue weighted by molar-refractivity contribution is 0.107. The zero-order valence-corrected chi connectivity index (χ0v) is 11.5. The average molecular weight is 251 g/mol. The average Bonchev–Trinajstić information content (AvgIpc) is 2.79. The second kappa shape index (κ2) is 4.85. The molecule has 19 heavy (non-hydrogen) atoms. The lowest BCUT2D eigenvalue weighted by Gasteiger charge is -2.39. The molecule has 2 radical (unpaired) electrons. The highest BCUT2D eigenvalue weighted by atomic mass is 15.4. The van der Waals surface area contributed by atoms with Gasteiger partial charge in [-0.05, 0) is 19.4 Å². The molecule has 0 spiro atoms. The lowest BCUT2D eigenvalue weighted by atomic mass is 9.94. The minimum atomic E-state index is 0.352. The third kappa shape index (κ3) is 2.21. The van der Waals surface area contributed by atoms with Crippen LogP contribution in [0.25, 0.3) is 0 Å². The monoisotopic (exact) mass is 251 g/mol. The molecule has 0 saturated heterocycles. The molecule has 4 heteroatoms. The first-order valence-electron chi connectivity index (χ1n) is 6.76. The van der Waals surface area contributed by atoms with Crippen molar-refractivity contribution < 1.29 is 0 Å². The van der Waals surface area contributed by atoms with Crippen LogP contribution in [0, 0.1) is 0 Å². The van der Waals surface area contributed by atoms with E-state index in [4.69, 9.17) is 7.85 Å². The van der Waals surface area contributed by atoms with E-state index in [2.05, 4.69) is 58.9 Å². The summed E-state index contributed by atoms with van der Waals surface area (Å²) in [5.41, 5.74) is 3.28. The number of hydrogen-bond donors (Lipinski definition) is 0. The first-order chi connectivity index (χ1) is 9.16. The predicted octanol–water partition coefficient (Wildman–Crippen LogP) is 1.64. The first-order valence-corrected chi connectivity index (χ1v) is 6.76. The van der Waals surface area contributed by atoms with Gasteiger partial charge in [-0.3, -0.25) is 9.58 Å². The van der Waals surface area contributed by atoms with Crippen LogP contribution in [0.2, 0.25) is 0 Å². The Morgan fingerprint density at radius 3 is 2.68 bits per heavy atom. The first kappa shape index (κ1) is 12.5. The van der Waals surface area contributed by atoms with Crippen molar-refractivity contribution >= 4 is 13.3 Å². The summed E-state index contributed by atoms with van der Waals surface area (Å²) in [5, 5.41) is 4.39. The van der Waals surface area contributed by atoms with E-state index in [0.29, 0.717) is 12.1 Å². The summed E-state index contributed by atoms with van der Waals surface area (Å²) >= 11 is 0. The Bertz CT molecular complexity index is 564. The van der Waals surface area contributed by atoms with E-state index >= 15 is 0 Å². The number of hydrogen-bond acceptors (Lipinski definition) is 2. The minimum Gasteiger partial charge on any atom is -0.289 e. The summed E-state index contributed by atoms with van der Waals surface area (Å²) in [6.07, 6.45) is 1.77. The van der Waals surface area contributed by atoms with E-state index in [0.717, 1.165) is 24.2 Å². The van der Waals surface area contributed by atoms with Crippen molar-refractivity contribution in [3.05, 3.63) is 47.8 Å². The smallest absolute Gasteiger partial charge is 0.118 e. The van der Waals surface area contributed by atoms with Gasteiger partial charge in [-0.1, -0.05) is 35.8 Å². The molecule has 0 N–H and O–H groups in total. The van der Waals surface area contributed by atoms with Crippen LogP contribution in [0.1, 0.15) is 31.1 Å². The molecular formula is C15H18BN3. The Kier molecular flexibility index (Phi) is 3.19. The number of benzene rings is 1. The lowest BCUT2D eigenvalue weighted by Crippen LogP contribution is -2.44. The molecule has 2 atom stereocenters. The fraction of sp³-hybridized carbons (Fsp3) is 0.400. The summed E-state index contributed by atoms with van der Waals surface area (Å²) in [6.45, 7) is 6.29. The Labute approximate surface area is 115 Å². The Morgan fingerprint density at radius 2 is 1.95 bits per heavy atom. The van der Waals surface area contributed by atoms with Gasteiger partial charge >= 0.3 is 0 Å². The Balaban J connectivity index is 1.86. The maximum atomic E-state index is 6.01. The molecule has 3 rings (SSSR count). The molecule has 0 unspecified atom stereocenters. The van der Waals surface area contributed by atoms with E-state index < -0.39 is 0 Å². The van der Waals surface area contributed by atoms with Crippen LogP contribution in [0.15, 0.2) is 36.5 Å². The van der Waals surface area contributed by atoms with E-state index in [9.17, 15) is 0 Å². The number of nitrogens with zero attached hydrogens (tertiary/aromatic N) is 3. The van der Waals surface area contributed by atoms with Gasteiger partial charge in [0.2, 0.25) is 0 Å². The van der Waals surface area contributed by atoms with Gasteiger partial charge in [0.25, 0.3) is 0 Å². The van der Waals surface area contributed by atoms with Crippen molar-refractivity contribution in [2.75, 3.05) is 0 Å². The fourth-order valence-corrected chi connectivity index (χ4v) is 2.78. The van der Waals surface area contributed by atoms with Crippen LogP contribution in [0.3, 0.4) is 0 Å². The summed E-state index contributed by atoms with van der Waals surface area (Å²) < 4.78 is 2.07. The summed E-state index contributed by atoms with van der Waals surface area (Å²) in [7, 11) is 6.01. The van der Waals surface area contributed by atoms with Crippen LogP contribution in [-0.4, -0.2) is 28.6 Å². The van der Waals surface area contributed by atoms with Crippen LogP contribution in [0.5, 0.6) is 0 Å². The van der Waals surface area contributed by atoms with Gasteiger partial charge in [-0.15, -0.1) is 0 Å². The Hall–Kier alpha value is -1.55. The third-order valence-corrected chi connectivity index (χ3v) is 4.17. The van der Waals surface area contributed by atoms with Crippen LogP contribution in [0.4, 0.5) is 0 Å². The molecule has 1 aliphatic heterocycles. The zero-order chi connectivity index (χ0) is 13.4. The van der Waals surface area contributed by atoms with Gasteiger partial charge in [0.1, 0.15) is 7.85 Å². The molecule has 0 amide bonds. The molecule has 0 fully saturated rings. The largest absolute Gasteiger partial charge is 0.289 e. The molecule has 1 aromatic carbocycles. The highest BCUT2D eigenvalue weighted by Crippen LogP contribution is 2.26. The minimum absolute atomic E-state index is 0.352. The van der Waals surface area contributed by atoms with Crippen molar-refractivity contribution in [3.63, 3.8) is 0 Å². The van der Waals surface area contributed by atoms with Crippen LogP contribution >= 0.6 is 0 Å². The van der Waals surface area contributed by atoms with Gasteiger partial charge in [0.05, 0.1) is 6.04 Å². The third-order valence-electron chi connectivity index (χ3n) is 4.17. The fourth-order valence-electron chi connectivity index (χ4n) is 2.78. The number of rotatable bonds is 2. The molecule has 0 saturated carbocycles. The number of fused-ring (bicyclic) bond motifs is 1.